The van der Waals surface area contributed by atoms with Crippen molar-refractivity contribution in [3.63, 3.8) is 0 Å². The van der Waals surface area contributed by atoms with E-state index in [0.29, 0.717) is 23.7 Å². The van der Waals surface area contributed by atoms with E-state index in [-0.39, 0.29) is 10.8 Å². The van der Waals surface area contributed by atoms with Crippen molar-refractivity contribution in [2.45, 2.75) is 18.2 Å². The highest BCUT2D eigenvalue weighted by Gasteiger charge is 2.14. The number of amides is 1. The minimum Gasteiger partial charge on any atom is -0.493 e. The van der Waals surface area contributed by atoms with Crippen LogP contribution in [0.1, 0.15) is 12.5 Å². The van der Waals surface area contributed by atoms with E-state index in [1.807, 2.05) is 30.3 Å². The summed E-state index contributed by atoms with van der Waals surface area (Å²) in [5.41, 5.74) is 2.17. The maximum Gasteiger partial charge on any atom is 0.261 e. The van der Waals surface area contributed by atoms with Gasteiger partial charge >= 0.3 is 0 Å². The van der Waals surface area contributed by atoms with Crippen molar-refractivity contribution in [1.82, 2.24) is 0 Å². The Labute approximate surface area is 170 Å². The lowest BCUT2D eigenvalue weighted by Crippen LogP contribution is -2.13. The van der Waals surface area contributed by atoms with E-state index < -0.39 is 10.0 Å². The van der Waals surface area contributed by atoms with Crippen LogP contribution < -0.4 is 14.8 Å². The number of sulfonamides is 1. The first-order chi connectivity index (χ1) is 13.9. The molecule has 3 aromatic rings. The van der Waals surface area contributed by atoms with Crippen molar-refractivity contribution in [2.24, 2.45) is 0 Å². The van der Waals surface area contributed by atoms with E-state index in [1.165, 1.54) is 24.6 Å². The van der Waals surface area contributed by atoms with Crippen LogP contribution in [0.5, 0.6) is 5.75 Å². The van der Waals surface area contributed by atoms with Crippen LogP contribution >= 0.6 is 0 Å². The number of ether oxygens (including phenoxy) is 1. The Hall–Kier alpha value is -3.32. The Morgan fingerprint density at radius 1 is 0.862 bits per heavy atom. The largest absolute Gasteiger partial charge is 0.493 e. The van der Waals surface area contributed by atoms with Crippen LogP contribution in [-0.2, 0) is 21.2 Å². The smallest absolute Gasteiger partial charge is 0.261 e. The monoisotopic (exact) mass is 410 g/mol. The summed E-state index contributed by atoms with van der Waals surface area (Å²) in [6.45, 7) is 1.93. The molecule has 3 rings (SSSR count). The molecule has 0 saturated heterocycles. The summed E-state index contributed by atoms with van der Waals surface area (Å²) in [6, 6.07) is 22.8. The van der Waals surface area contributed by atoms with Crippen LogP contribution in [0.3, 0.4) is 0 Å². The molecule has 0 aliphatic carbocycles. The SMILES string of the molecule is CC(=O)Nc1ccc(S(=O)(=O)Nc2ccc(OCCc3ccccc3)cc2)cc1. The van der Waals surface area contributed by atoms with Gasteiger partial charge in [-0.15, -0.1) is 0 Å². The Balaban J connectivity index is 1.57. The molecule has 0 unspecified atom stereocenters. The van der Waals surface area contributed by atoms with Crippen LogP contribution in [0, 0.1) is 0 Å². The first-order valence-corrected chi connectivity index (χ1v) is 10.6. The first-order valence-electron chi connectivity index (χ1n) is 9.10. The molecule has 0 aliphatic heterocycles. The zero-order valence-electron chi connectivity index (χ0n) is 16.0. The summed E-state index contributed by atoms with van der Waals surface area (Å²) < 4.78 is 33.3. The highest BCUT2D eigenvalue weighted by Crippen LogP contribution is 2.21. The zero-order valence-corrected chi connectivity index (χ0v) is 16.8. The maximum absolute atomic E-state index is 12.5. The number of carbonyl (C=O) groups is 1. The highest BCUT2D eigenvalue weighted by atomic mass is 32.2. The topological polar surface area (TPSA) is 84.5 Å². The Morgan fingerprint density at radius 2 is 1.48 bits per heavy atom. The summed E-state index contributed by atoms with van der Waals surface area (Å²) >= 11 is 0. The van der Waals surface area contributed by atoms with Crippen LogP contribution in [0.15, 0.2) is 83.8 Å². The minimum atomic E-state index is -3.73. The van der Waals surface area contributed by atoms with E-state index in [9.17, 15) is 13.2 Å². The molecule has 0 aromatic heterocycles. The molecule has 0 fully saturated rings. The molecule has 6 nitrogen and oxygen atoms in total. The van der Waals surface area contributed by atoms with E-state index in [1.54, 1.807) is 36.4 Å². The molecular formula is C22H22N2O4S. The molecule has 29 heavy (non-hydrogen) atoms. The third kappa shape index (κ3) is 6.08. The van der Waals surface area contributed by atoms with Crippen molar-refractivity contribution in [3.05, 3.63) is 84.4 Å². The molecule has 0 saturated carbocycles. The van der Waals surface area contributed by atoms with Gasteiger partial charge in [0.1, 0.15) is 5.75 Å². The molecule has 1 amide bonds. The second-order valence-electron chi connectivity index (χ2n) is 6.42. The van der Waals surface area contributed by atoms with Crippen molar-refractivity contribution < 1.29 is 17.9 Å². The van der Waals surface area contributed by atoms with Gasteiger partial charge in [-0.25, -0.2) is 8.42 Å². The molecular weight excluding hydrogens is 388 g/mol. The van der Waals surface area contributed by atoms with Gasteiger partial charge in [-0.2, -0.15) is 0 Å². The van der Waals surface area contributed by atoms with Crippen LogP contribution in [0.25, 0.3) is 0 Å². The Kier molecular flexibility index (Phi) is 6.51. The fourth-order valence-electron chi connectivity index (χ4n) is 2.69. The summed E-state index contributed by atoms with van der Waals surface area (Å²) in [5, 5.41) is 2.60. The average molecular weight is 410 g/mol. The highest BCUT2D eigenvalue weighted by molar-refractivity contribution is 7.92. The number of carbonyl (C=O) groups excluding carboxylic acids is 1. The number of benzene rings is 3. The molecule has 3 aromatic carbocycles. The van der Waals surface area contributed by atoms with Gasteiger partial charge in [0.25, 0.3) is 10.0 Å². The standard InChI is InChI=1S/C22H22N2O4S/c1-17(25)23-19-9-13-22(14-10-19)29(26,27)24-20-7-11-21(12-8-20)28-16-15-18-5-3-2-4-6-18/h2-14,24H,15-16H2,1H3,(H,23,25). The Bertz CT molecular complexity index is 1050. The fourth-order valence-corrected chi connectivity index (χ4v) is 3.74. The van der Waals surface area contributed by atoms with Gasteiger partial charge in [-0.1, -0.05) is 30.3 Å². The third-order valence-electron chi connectivity index (χ3n) is 4.09. The summed E-state index contributed by atoms with van der Waals surface area (Å²) in [5.74, 6) is 0.452. The van der Waals surface area contributed by atoms with Crippen molar-refractivity contribution in [3.8, 4) is 5.75 Å². The lowest BCUT2D eigenvalue weighted by atomic mass is 10.2. The number of nitrogens with one attached hydrogen (secondary N) is 2. The maximum atomic E-state index is 12.5. The van der Waals surface area contributed by atoms with Crippen molar-refractivity contribution in [1.29, 1.82) is 0 Å². The van der Waals surface area contributed by atoms with Crippen LogP contribution in [0.4, 0.5) is 11.4 Å². The van der Waals surface area contributed by atoms with Gasteiger partial charge in [0.05, 0.1) is 11.5 Å². The number of rotatable bonds is 8. The lowest BCUT2D eigenvalue weighted by molar-refractivity contribution is -0.114. The van der Waals surface area contributed by atoms with Gasteiger partial charge in [-0.3, -0.25) is 9.52 Å². The molecule has 0 atom stereocenters. The summed E-state index contributed by atoms with van der Waals surface area (Å²) in [4.78, 5) is 11.2. The molecule has 0 bridgehead atoms. The van der Waals surface area contributed by atoms with E-state index in [2.05, 4.69) is 10.0 Å². The van der Waals surface area contributed by atoms with E-state index in [0.717, 1.165) is 6.42 Å². The lowest BCUT2D eigenvalue weighted by Gasteiger charge is -2.10. The third-order valence-corrected chi connectivity index (χ3v) is 5.49. The first kappa shape index (κ1) is 20.4. The van der Waals surface area contributed by atoms with Gasteiger partial charge in [0.2, 0.25) is 5.91 Å². The van der Waals surface area contributed by atoms with Crippen LogP contribution in [-0.4, -0.2) is 20.9 Å². The molecule has 0 aliphatic rings. The van der Waals surface area contributed by atoms with Gasteiger partial charge in [0.15, 0.2) is 0 Å². The second kappa shape index (κ2) is 9.25. The number of hydrogen-bond acceptors (Lipinski definition) is 4. The normalized spacial score (nSPS) is 10.9. The Morgan fingerprint density at radius 3 is 2.10 bits per heavy atom. The molecule has 2 N–H and O–H groups in total. The molecule has 0 spiro atoms. The van der Waals surface area contributed by atoms with Crippen molar-refractivity contribution >= 4 is 27.3 Å². The predicted octanol–water partition coefficient (Wildman–Crippen LogP) is 4.07. The number of hydrogen-bond donors (Lipinski definition) is 2. The van der Waals surface area contributed by atoms with E-state index >= 15 is 0 Å². The van der Waals surface area contributed by atoms with Gasteiger partial charge in [-0.05, 0) is 54.1 Å². The second-order valence-corrected chi connectivity index (χ2v) is 8.10. The van der Waals surface area contributed by atoms with E-state index in [4.69, 9.17) is 4.74 Å². The molecule has 150 valence electrons. The van der Waals surface area contributed by atoms with Gasteiger partial charge < -0.3 is 10.1 Å². The molecule has 0 radical (unpaired) electrons. The molecule has 0 heterocycles. The van der Waals surface area contributed by atoms with Crippen molar-refractivity contribution in [2.75, 3.05) is 16.6 Å². The summed E-state index contributed by atoms with van der Waals surface area (Å²) in [6.07, 6.45) is 0.795. The zero-order chi connectivity index (χ0) is 20.7. The average Bonchev–Trinajstić information content (AvgIpc) is 2.70. The minimum absolute atomic E-state index is 0.106. The molecule has 7 heteroatoms. The summed E-state index contributed by atoms with van der Waals surface area (Å²) in [7, 11) is -3.73. The quantitative estimate of drug-likeness (QED) is 0.586. The number of anilines is 2. The van der Waals surface area contributed by atoms with Gasteiger partial charge in [0, 0.05) is 24.7 Å². The fraction of sp³-hybridized carbons (Fsp3) is 0.136. The predicted molar refractivity (Wildman–Crippen MR) is 114 cm³/mol. The van der Waals surface area contributed by atoms with Crippen LogP contribution in [0.2, 0.25) is 0 Å².